The monoisotopic (exact) mass is 267 g/mol. The molecule has 1 unspecified atom stereocenters. The van der Waals surface area contributed by atoms with Gasteiger partial charge in [0.25, 0.3) is 5.91 Å². The fourth-order valence-corrected chi connectivity index (χ4v) is 2.16. The van der Waals surface area contributed by atoms with Gasteiger partial charge >= 0.3 is 0 Å². The van der Waals surface area contributed by atoms with Crippen LogP contribution >= 0.6 is 0 Å². The van der Waals surface area contributed by atoms with E-state index in [1.165, 1.54) is 5.56 Å². The van der Waals surface area contributed by atoms with Crippen molar-refractivity contribution in [2.75, 3.05) is 0 Å². The summed E-state index contributed by atoms with van der Waals surface area (Å²) in [6, 6.07) is 19.8. The zero-order valence-electron chi connectivity index (χ0n) is 12.0. The normalized spacial score (nSPS) is 12.2. The van der Waals surface area contributed by atoms with E-state index in [1.54, 1.807) is 0 Å². The maximum absolute atomic E-state index is 12.2. The van der Waals surface area contributed by atoms with Crippen molar-refractivity contribution in [3.8, 4) is 0 Å². The minimum atomic E-state index is 0.000214. The summed E-state index contributed by atoms with van der Waals surface area (Å²) in [6.07, 6.45) is 0.858. The summed E-state index contributed by atoms with van der Waals surface area (Å²) < 4.78 is 0. The third-order valence-electron chi connectivity index (χ3n) is 3.46. The van der Waals surface area contributed by atoms with E-state index < -0.39 is 0 Å². The van der Waals surface area contributed by atoms with Gasteiger partial charge < -0.3 is 5.32 Å². The maximum atomic E-state index is 12.2. The molecule has 0 heterocycles. The molecule has 0 bridgehead atoms. The van der Waals surface area contributed by atoms with E-state index in [4.69, 9.17) is 0 Å². The van der Waals surface area contributed by atoms with Gasteiger partial charge in [-0.05, 0) is 30.0 Å². The first-order chi connectivity index (χ1) is 9.66. The van der Waals surface area contributed by atoms with Gasteiger partial charge in [0.1, 0.15) is 0 Å². The summed E-state index contributed by atoms with van der Waals surface area (Å²) >= 11 is 0. The average molecular weight is 267 g/mol. The molecule has 2 aromatic rings. The van der Waals surface area contributed by atoms with Crippen LogP contribution in [-0.4, -0.2) is 11.9 Å². The Hall–Kier alpha value is -2.09. The van der Waals surface area contributed by atoms with Crippen molar-refractivity contribution in [2.24, 2.45) is 5.92 Å². The summed E-state index contributed by atoms with van der Waals surface area (Å²) in [5.41, 5.74) is 1.96. The summed E-state index contributed by atoms with van der Waals surface area (Å²) in [7, 11) is 0. The predicted molar refractivity (Wildman–Crippen MR) is 82.7 cm³/mol. The molecule has 2 nitrogen and oxygen atoms in total. The molecule has 1 amide bonds. The smallest absolute Gasteiger partial charge is 0.251 e. The van der Waals surface area contributed by atoms with E-state index in [-0.39, 0.29) is 11.9 Å². The van der Waals surface area contributed by atoms with Gasteiger partial charge in [0.05, 0.1) is 0 Å². The van der Waals surface area contributed by atoms with Crippen LogP contribution in [0.5, 0.6) is 0 Å². The Labute approximate surface area is 120 Å². The van der Waals surface area contributed by atoms with E-state index in [0.29, 0.717) is 11.5 Å². The van der Waals surface area contributed by atoms with Crippen LogP contribution in [0.4, 0.5) is 0 Å². The van der Waals surface area contributed by atoms with Gasteiger partial charge in [0, 0.05) is 11.6 Å². The highest BCUT2D eigenvalue weighted by molar-refractivity contribution is 5.94. The van der Waals surface area contributed by atoms with Crippen LogP contribution in [0.15, 0.2) is 60.7 Å². The van der Waals surface area contributed by atoms with Crippen molar-refractivity contribution >= 4 is 5.91 Å². The van der Waals surface area contributed by atoms with E-state index in [1.807, 2.05) is 48.5 Å². The Balaban J connectivity index is 2.05. The molecule has 2 heteroatoms. The van der Waals surface area contributed by atoms with Crippen molar-refractivity contribution in [1.29, 1.82) is 0 Å². The first kappa shape index (κ1) is 14.3. The summed E-state index contributed by atoms with van der Waals surface area (Å²) in [5.74, 6) is 0.392. The standard InChI is InChI=1S/C18H21NO/c1-14(2)17(13-15-9-5-3-6-10-15)19-18(20)16-11-7-4-8-12-16/h3-12,14,17H,13H2,1-2H3,(H,19,20). The van der Waals surface area contributed by atoms with Gasteiger partial charge in [-0.1, -0.05) is 62.4 Å². The SMILES string of the molecule is CC(C)C(Cc1ccccc1)NC(=O)c1ccccc1. The Morgan fingerprint density at radius 3 is 2.05 bits per heavy atom. The third kappa shape index (κ3) is 3.95. The van der Waals surface area contributed by atoms with Gasteiger partial charge in [-0.15, -0.1) is 0 Å². The van der Waals surface area contributed by atoms with Crippen LogP contribution in [0.25, 0.3) is 0 Å². The molecule has 2 aromatic carbocycles. The third-order valence-corrected chi connectivity index (χ3v) is 3.46. The van der Waals surface area contributed by atoms with Crippen molar-refractivity contribution in [2.45, 2.75) is 26.3 Å². The van der Waals surface area contributed by atoms with Crippen molar-refractivity contribution < 1.29 is 4.79 Å². The molecule has 0 aliphatic rings. The molecule has 20 heavy (non-hydrogen) atoms. The van der Waals surface area contributed by atoms with Crippen molar-refractivity contribution in [3.05, 3.63) is 71.8 Å². The molecule has 0 aliphatic carbocycles. The lowest BCUT2D eigenvalue weighted by molar-refractivity contribution is 0.0926. The van der Waals surface area contributed by atoms with Gasteiger partial charge in [-0.2, -0.15) is 0 Å². The maximum Gasteiger partial charge on any atom is 0.251 e. The molecule has 0 radical (unpaired) electrons. The molecule has 1 N–H and O–H groups in total. The molecule has 0 aromatic heterocycles. The molecule has 0 fully saturated rings. The molecule has 2 rings (SSSR count). The number of carbonyl (C=O) groups is 1. The van der Waals surface area contributed by atoms with Gasteiger partial charge in [0.15, 0.2) is 0 Å². The van der Waals surface area contributed by atoms with Crippen LogP contribution in [0.2, 0.25) is 0 Å². The molecule has 104 valence electrons. The van der Waals surface area contributed by atoms with Crippen LogP contribution < -0.4 is 5.32 Å². The number of amides is 1. The summed E-state index contributed by atoms with van der Waals surface area (Å²) in [6.45, 7) is 4.28. The highest BCUT2D eigenvalue weighted by atomic mass is 16.1. The van der Waals surface area contributed by atoms with E-state index in [9.17, 15) is 4.79 Å². The number of rotatable bonds is 5. The van der Waals surface area contributed by atoms with E-state index in [0.717, 1.165) is 6.42 Å². The van der Waals surface area contributed by atoms with Crippen LogP contribution in [0.1, 0.15) is 29.8 Å². The number of hydrogen-bond donors (Lipinski definition) is 1. The molecule has 0 aliphatic heterocycles. The van der Waals surface area contributed by atoms with Gasteiger partial charge in [-0.3, -0.25) is 4.79 Å². The van der Waals surface area contributed by atoms with Gasteiger partial charge in [-0.25, -0.2) is 0 Å². The highest BCUT2D eigenvalue weighted by Gasteiger charge is 2.17. The Morgan fingerprint density at radius 2 is 1.50 bits per heavy atom. The largest absolute Gasteiger partial charge is 0.349 e. The Bertz CT molecular complexity index is 534. The number of carbonyl (C=O) groups excluding carboxylic acids is 1. The molecular formula is C18H21NO. The molecular weight excluding hydrogens is 246 g/mol. The lowest BCUT2D eigenvalue weighted by atomic mass is 9.96. The van der Waals surface area contributed by atoms with Crippen LogP contribution in [-0.2, 0) is 6.42 Å². The second-order valence-electron chi connectivity index (χ2n) is 5.38. The van der Waals surface area contributed by atoms with Crippen LogP contribution in [0, 0.1) is 5.92 Å². The first-order valence-corrected chi connectivity index (χ1v) is 7.06. The van der Waals surface area contributed by atoms with Crippen molar-refractivity contribution in [3.63, 3.8) is 0 Å². The molecule has 0 saturated heterocycles. The Morgan fingerprint density at radius 1 is 0.950 bits per heavy atom. The predicted octanol–water partition coefficient (Wildman–Crippen LogP) is 3.68. The molecule has 0 saturated carbocycles. The van der Waals surface area contributed by atoms with E-state index in [2.05, 4.69) is 31.3 Å². The summed E-state index contributed by atoms with van der Waals surface area (Å²) in [4.78, 5) is 12.2. The zero-order valence-corrected chi connectivity index (χ0v) is 12.0. The number of hydrogen-bond acceptors (Lipinski definition) is 1. The minimum absolute atomic E-state index is 0.000214. The highest BCUT2D eigenvalue weighted by Crippen LogP contribution is 2.11. The molecule has 0 spiro atoms. The number of nitrogens with one attached hydrogen (secondary N) is 1. The number of benzene rings is 2. The first-order valence-electron chi connectivity index (χ1n) is 7.06. The zero-order chi connectivity index (χ0) is 14.4. The second-order valence-corrected chi connectivity index (χ2v) is 5.38. The Kier molecular flexibility index (Phi) is 4.94. The average Bonchev–Trinajstić information content (AvgIpc) is 2.48. The molecule has 1 atom stereocenters. The van der Waals surface area contributed by atoms with Crippen molar-refractivity contribution in [1.82, 2.24) is 5.32 Å². The lowest BCUT2D eigenvalue weighted by Gasteiger charge is -2.22. The fraction of sp³-hybridized carbons (Fsp3) is 0.278. The van der Waals surface area contributed by atoms with E-state index >= 15 is 0 Å². The quantitative estimate of drug-likeness (QED) is 0.879. The summed E-state index contributed by atoms with van der Waals surface area (Å²) in [5, 5.41) is 3.14. The van der Waals surface area contributed by atoms with Gasteiger partial charge in [0.2, 0.25) is 0 Å². The van der Waals surface area contributed by atoms with Crippen LogP contribution in [0.3, 0.4) is 0 Å². The second kappa shape index (κ2) is 6.90. The minimum Gasteiger partial charge on any atom is -0.349 e. The lowest BCUT2D eigenvalue weighted by Crippen LogP contribution is -2.40. The fourth-order valence-electron chi connectivity index (χ4n) is 2.16. The topological polar surface area (TPSA) is 29.1 Å².